The van der Waals surface area contributed by atoms with Gasteiger partial charge in [0.1, 0.15) is 5.75 Å². The SMILES string of the molecule is Cc1ccccc1C(CO)COc1cccc(Cl)c1. The molecule has 0 spiro atoms. The lowest BCUT2D eigenvalue weighted by atomic mass is 9.96. The number of hydrogen-bond acceptors (Lipinski definition) is 2. The van der Waals surface area contributed by atoms with Crippen molar-refractivity contribution in [2.75, 3.05) is 13.2 Å². The van der Waals surface area contributed by atoms with E-state index in [1.165, 1.54) is 0 Å². The summed E-state index contributed by atoms with van der Waals surface area (Å²) in [6.07, 6.45) is 0. The summed E-state index contributed by atoms with van der Waals surface area (Å²) < 4.78 is 5.70. The average Bonchev–Trinajstić information content (AvgIpc) is 2.41. The minimum atomic E-state index is -0.0276. The number of ether oxygens (including phenoxy) is 1. The zero-order valence-electron chi connectivity index (χ0n) is 10.8. The molecule has 100 valence electrons. The fraction of sp³-hybridized carbons (Fsp3) is 0.250. The number of halogens is 1. The number of hydrogen-bond donors (Lipinski definition) is 1. The first-order chi connectivity index (χ1) is 9.20. The van der Waals surface area contributed by atoms with Crippen molar-refractivity contribution >= 4 is 11.6 Å². The lowest BCUT2D eigenvalue weighted by molar-refractivity contribution is 0.204. The first kappa shape index (κ1) is 13.9. The van der Waals surface area contributed by atoms with E-state index in [-0.39, 0.29) is 12.5 Å². The van der Waals surface area contributed by atoms with Crippen molar-refractivity contribution in [2.45, 2.75) is 12.8 Å². The van der Waals surface area contributed by atoms with E-state index in [9.17, 15) is 5.11 Å². The number of aliphatic hydroxyl groups is 1. The molecule has 2 nitrogen and oxygen atoms in total. The van der Waals surface area contributed by atoms with Crippen LogP contribution >= 0.6 is 11.6 Å². The Hall–Kier alpha value is -1.51. The Bertz CT molecular complexity index is 540. The summed E-state index contributed by atoms with van der Waals surface area (Å²) in [6.45, 7) is 2.53. The normalized spacial score (nSPS) is 12.2. The molecule has 3 heteroatoms. The van der Waals surface area contributed by atoms with Gasteiger partial charge in [0, 0.05) is 10.9 Å². The fourth-order valence-electron chi connectivity index (χ4n) is 2.04. The van der Waals surface area contributed by atoms with Crippen LogP contribution in [-0.4, -0.2) is 18.3 Å². The highest BCUT2D eigenvalue weighted by atomic mass is 35.5. The molecule has 1 atom stereocenters. The summed E-state index contributed by atoms with van der Waals surface area (Å²) in [6, 6.07) is 15.3. The monoisotopic (exact) mass is 276 g/mol. The third kappa shape index (κ3) is 3.72. The second kappa shape index (κ2) is 6.60. The van der Waals surface area contributed by atoms with E-state index in [1.54, 1.807) is 12.1 Å². The van der Waals surface area contributed by atoms with Crippen molar-refractivity contribution in [1.82, 2.24) is 0 Å². The Balaban J connectivity index is 2.06. The average molecular weight is 277 g/mol. The topological polar surface area (TPSA) is 29.5 Å². The zero-order chi connectivity index (χ0) is 13.7. The Morgan fingerprint density at radius 2 is 1.95 bits per heavy atom. The first-order valence-electron chi connectivity index (χ1n) is 6.25. The smallest absolute Gasteiger partial charge is 0.120 e. The van der Waals surface area contributed by atoms with Gasteiger partial charge in [0.15, 0.2) is 0 Å². The van der Waals surface area contributed by atoms with Crippen molar-refractivity contribution in [3.8, 4) is 5.75 Å². The highest BCUT2D eigenvalue weighted by Gasteiger charge is 2.13. The minimum absolute atomic E-state index is 0.0276. The van der Waals surface area contributed by atoms with E-state index >= 15 is 0 Å². The molecule has 0 bridgehead atoms. The van der Waals surface area contributed by atoms with Gasteiger partial charge in [0.25, 0.3) is 0 Å². The highest BCUT2D eigenvalue weighted by molar-refractivity contribution is 6.30. The molecule has 2 rings (SSSR count). The quantitative estimate of drug-likeness (QED) is 0.900. The summed E-state index contributed by atoms with van der Waals surface area (Å²) >= 11 is 5.91. The van der Waals surface area contributed by atoms with Crippen LogP contribution in [0.2, 0.25) is 5.02 Å². The van der Waals surface area contributed by atoms with Gasteiger partial charge in [0.2, 0.25) is 0 Å². The van der Waals surface area contributed by atoms with Gasteiger partial charge in [-0.25, -0.2) is 0 Å². The predicted molar refractivity (Wildman–Crippen MR) is 78.0 cm³/mol. The molecule has 0 saturated heterocycles. The van der Waals surface area contributed by atoms with E-state index in [0.29, 0.717) is 11.6 Å². The number of aliphatic hydroxyl groups excluding tert-OH is 1. The molecule has 1 unspecified atom stereocenters. The molecule has 2 aromatic carbocycles. The van der Waals surface area contributed by atoms with Crippen LogP contribution < -0.4 is 4.74 Å². The summed E-state index contributed by atoms with van der Waals surface area (Å²) in [5.41, 5.74) is 2.28. The van der Waals surface area contributed by atoms with Gasteiger partial charge in [-0.15, -0.1) is 0 Å². The lowest BCUT2D eigenvalue weighted by Gasteiger charge is -2.17. The summed E-state index contributed by atoms with van der Waals surface area (Å²) in [7, 11) is 0. The molecule has 2 aromatic rings. The van der Waals surface area contributed by atoms with Crippen LogP contribution in [0.3, 0.4) is 0 Å². The molecule has 0 saturated carbocycles. The van der Waals surface area contributed by atoms with Crippen molar-refractivity contribution in [3.63, 3.8) is 0 Å². The van der Waals surface area contributed by atoms with Crippen LogP contribution in [0.15, 0.2) is 48.5 Å². The van der Waals surface area contributed by atoms with Crippen LogP contribution in [0, 0.1) is 6.92 Å². The van der Waals surface area contributed by atoms with Gasteiger partial charge < -0.3 is 9.84 Å². The fourth-order valence-corrected chi connectivity index (χ4v) is 2.22. The van der Waals surface area contributed by atoms with Gasteiger partial charge in [-0.05, 0) is 36.2 Å². The summed E-state index contributed by atoms with van der Waals surface area (Å²) in [5.74, 6) is 0.694. The lowest BCUT2D eigenvalue weighted by Crippen LogP contribution is -2.15. The van der Waals surface area contributed by atoms with Crippen LogP contribution in [0.4, 0.5) is 0 Å². The summed E-state index contributed by atoms with van der Waals surface area (Å²) in [4.78, 5) is 0. The van der Waals surface area contributed by atoms with Crippen LogP contribution in [0.25, 0.3) is 0 Å². The van der Waals surface area contributed by atoms with Crippen molar-refractivity contribution in [1.29, 1.82) is 0 Å². The Morgan fingerprint density at radius 3 is 2.63 bits per heavy atom. The Labute approximate surface area is 118 Å². The molecule has 0 aliphatic carbocycles. The first-order valence-corrected chi connectivity index (χ1v) is 6.63. The second-order valence-electron chi connectivity index (χ2n) is 4.50. The van der Waals surface area contributed by atoms with Gasteiger partial charge in [-0.3, -0.25) is 0 Å². The van der Waals surface area contributed by atoms with Crippen LogP contribution in [0.1, 0.15) is 17.0 Å². The van der Waals surface area contributed by atoms with E-state index in [1.807, 2.05) is 43.3 Å². The van der Waals surface area contributed by atoms with Crippen LogP contribution in [-0.2, 0) is 0 Å². The van der Waals surface area contributed by atoms with E-state index in [4.69, 9.17) is 16.3 Å². The number of aryl methyl sites for hydroxylation is 1. The molecule has 0 fully saturated rings. The largest absolute Gasteiger partial charge is 0.493 e. The van der Waals surface area contributed by atoms with Crippen molar-refractivity contribution < 1.29 is 9.84 Å². The molecule has 0 radical (unpaired) electrons. The Morgan fingerprint density at radius 1 is 1.16 bits per heavy atom. The molecular formula is C16H17ClO2. The third-order valence-electron chi connectivity index (χ3n) is 3.10. The van der Waals surface area contributed by atoms with E-state index in [0.717, 1.165) is 16.9 Å². The van der Waals surface area contributed by atoms with Gasteiger partial charge in [-0.2, -0.15) is 0 Å². The molecule has 1 N–H and O–H groups in total. The molecule has 0 aliphatic rings. The van der Waals surface area contributed by atoms with Gasteiger partial charge in [0.05, 0.1) is 13.2 Å². The second-order valence-corrected chi connectivity index (χ2v) is 4.94. The molecule has 0 aliphatic heterocycles. The van der Waals surface area contributed by atoms with Gasteiger partial charge >= 0.3 is 0 Å². The number of benzene rings is 2. The van der Waals surface area contributed by atoms with E-state index < -0.39 is 0 Å². The molecule has 0 heterocycles. The predicted octanol–water partition coefficient (Wildman–Crippen LogP) is 3.80. The summed E-state index contributed by atoms with van der Waals surface area (Å²) in [5, 5.41) is 10.2. The van der Waals surface area contributed by atoms with Crippen molar-refractivity contribution in [2.24, 2.45) is 0 Å². The zero-order valence-corrected chi connectivity index (χ0v) is 11.6. The minimum Gasteiger partial charge on any atom is -0.493 e. The van der Waals surface area contributed by atoms with Crippen LogP contribution in [0.5, 0.6) is 5.75 Å². The third-order valence-corrected chi connectivity index (χ3v) is 3.33. The van der Waals surface area contributed by atoms with Crippen molar-refractivity contribution in [3.05, 3.63) is 64.7 Å². The molecule has 19 heavy (non-hydrogen) atoms. The van der Waals surface area contributed by atoms with Gasteiger partial charge in [-0.1, -0.05) is 41.9 Å². The maximum atomic E-state index is 9.53. The molecule has 0 amide bonds. The number of rotatable bonds is 5. The standard InChI is InChI=1S/C16H17ClO2/c1-12-5-2-3-8-16(12)13(10-18)11-19-15-7-4-6-14(17)9-15/h2-9,13,18H,10-11H2,1H3. The molecule has 0 aromatic heterocycles. The highest BCUT2D eigenvalue weighted by Crippen LogP contribution is 2.22. The maximum absolute atomic E-state index is 9.53. The maximum Gasteiger partial charge on any atom is 0.120 e. The Kier molecular flexibility index (Phi) is 4.83. The molecular weight excluding hydrogens is 260 g/mol. The van der Waals surface area contributed by atoms with E-state index in [2.05, 4.69) is 0 Å².